The molecule has 0 saturated heterocycles. The SMILES string of the molecule is CCN(Cc1cccc(F)c1)C(=O)C(C)(C)Br. The highest BCUT2D eigenvalue weighted by molar-refractivity contribution is 9.10. The van der Waals surface area contributed by atoms with Gasteiger partial charge in [0.15, 0.2) is 0 Å². The minimum absolute atomic E-state index is 0.00395. The highest BCUT2D eigenvalue weighted by Gasteiger charge is 2.28. The maximum atomic E-state index is 13.0. The topological polar surface area (TPSA) is 20.3 Å². The lowest BCUT2D eigenvalue weighted by atomic mass is 10.1. The first-order valence-electron chi connectivity index (χ1n) is 5.57. The minimum atomic E-state index is -0.587. The molecule has 2 nitrogen and oxygen atoms in total. The van der Waals surface area contributed by atoms with Crippen molar-refractivity contribution in [3.63, 3.8) is 0 Å². The molecule has 0 fully saturated rings. The average Bonchev–Trinajstić information content (AvgIpc) is 2.24. The predicted octanol–water partition coefficient (Wildman–Crippen LogP) is 3.35. The highest BCUT2D eigenvalue weighted by Crippen LogP contribution is 2.20. The standard InChI is InChI=1S/C13H17BrFNO/c1-4-16(12(17)13(2,3)14)9-10-6-5-7-11(15)8-10/h5-8H,4,9H2,1-3H3. The molecule has 0 unspecified atom stereocenters. The van der Waals surface area contributed by atoms with Gasteiger partial charge in [0, 0.05) is 13.1 Å². The van der Waals surface area contributed by atoms with Gasteiger partial charge >= 0.3 is 0 Å². The third-order valence-electron chi connectivity index (χ3n) is 2.44. The van der Waals surface area contributed by atoms with E-state index in [1.165, 1.54) is 12.1 Å². The Morgan fingerprint density at radius 2 is 2.12 bits per heavy atom. The maximum absolute atomic E-state index is 13.0. The van der Waals surface area contributed by atoms with Gasteiger partial charge in [0.2, 0.25) is 5.91 Å². The van der Waals surface area contributed by atoms with E-state index in [0.29, 0.717) is 13.1 Å². The van der Waals surface area contributed by atoms with Crippen molar-refractivity contribution < 1.29 is 9.18 Å². The molecule has 4 heteroatoms. The van der Waals surface area contributed by atoms with Gasteiger partial charge in [-0.1, -0.05) is 28.1 Å². The zero-order chi connectivity index (χ0) is 13.1. The number of nitrogens with zero attached hydrogens (tertiary/aromatic N) is 1. The monoisotopic (exact) mass is 301 g/mol. The largest absolute Gasteiger partial charge is 0.337 e. The average molecular weight is 302 g/mol. The maximum Gasteiger partial charge on any atom is 0.239 e. The van der Waals surface area contributed by atoms with Gasteiger partial charge in [-0.2, -0.15) is 0 Å². The van der Waals surface area contributed by atoms with Gasteiger partial charge in [0.1, 0.15) is 5.82 Å². The molecule has 0 aromatic heterocycles. The van der Waals surface area contributed by atoms with E-state index in [1.54, 1.807) is 11.0 Å². The summed E-state index contributed by atoms with van der Waals surface area (Å²) in [6.45, 7) is 6.57. The van der Waals surface area contributed by atoms with Gasteiger partial charge in [-0.15, -0.1) is 0 Å². The number of hydrogen-bond donors (Lipinski definition) is 0. The van der Waals surface area contributed by atoms with Crippen LogP contribution < -0.4 is 0 Å². The molecule has 0 aliphatic heterocycles. The summed E-state index contributed by atoms with van der Waals surface area (Å²) in [6.07, 6.45) is 0. The molecule has 0 aliphatic carbocycles. The van der Waals surface area contributed by atoms with Crippen molar-refractivity contribution in [3.05, 3.63) is 35.6 Å². The third-order valence-corrected chi connectivity index (χ3v) is 2.78. The molecule has 1 rings (SSSR count). The van der Waals surface area contributed by atoms with E-state index in [4.69, 9.17) is 0 Å². The number of alkyl halides is 1. The molecule has 0 atom stereocenters. The van der Waals surface area contributed by atoms with E-state index < -0.39 is 4.32 Å². The lowest BCUT2D eigenvalue weighted by Gasteiger charge is -2.27. The highest BCUT2D eigenvalue weighted by atomic mass is 79.9. The van der Waals surface area contributed by atoms with Crippen LogP contribution in [-0.2, 0) is 11.3 Å². The Kier molecular flexibility index (Phi) is 4.69. The van der Waals surface area contributed by atoms with Crippen LogP contribution in [0.25, 0.3) is 0 Å². The van der Waals surface area contributed by atoms with E-state index in [2.05, 4.69) is 15.9 Å². The molecule has 0 N–H and O–H groups in total. The number of carbonyl (C=O) groups excluding carboxylic acids is 1. The normalized spacial score (nSPS) is 11.4. The summed E-state index contributed by atoms with van der Waals surface area (Å²) in [7, 11) is 0. The number of amides is 1. The van der Waals surface area contributed by atoms with Gasteiger partial charge in [0.25, 0.3) is 0 Å². The number of hydrogen-bond acceptors (Lipinski definition) is 1. The Bertz CT molecular complexity index is 401. The van der Waals surface area contributed by atoms with Crippen LogP contribution in [0.2, 0.25) is 0 Å². The summed E-state index contributed by atoms with van der Waals surface area (Å²) >= 11 is 3.35. The van der Waals surface area contributed by atoms with E-state index in [0.717, 1.165) is 5.56 Å². The first kappa shape index (κ1) is 14.2. The fraction of sp³-hybridized carbons (Fsp3) is 0.462. The van der Waals surface area contributed by atoms with E-state index >= 15 is 0 Å². The van der Waals surface area contributed by atoms with Crippen molar-refractivity contribution in [1.29, 1.82) is 0 Å². The summed E-state index contributed by atoms with van der Waals surface area (Å²) in [6, 6.07) is 6.33. The lowest BCUT2D eigenvalue weighted by molar-refractivity contribution is -0.133. The van der Waals surface area contributed by atoms with Crippen LogP contribution in [0.4, 0.5) is 4.39 Å². The number of benzene rings is 1. The van der Waals surface area contributed by atoms with Crippen LogP contribution in [0.3, 0.4) is 0 Å². The summed E-state index contributed by atoms with van der Waals surface area (Å²) in [5, 5.41) is 0. The molecular formula is C13H17BrFNO. The number of halogens is 2. The predicted molar refractivity (Wildman–Crippen MR) is 70.5 cm³/mol. The van der Waals surface area contributed by atoms with Crippen molar-refractivity contribution in [2.24, 2.45) is 0 Å². The fourth-order valence-corrected chi connectivity index (χ4v) is 1.81. The molecular weight excluding hydrogens is 285 g/mol. The molecule has 1 amide bonds. The molecule has 1 aromatic carbocycles. The van der Waals surface area contributed by atoms with Gasteiger partial charge in [-0.05, 0) is 38.5 Å². The molecule has 0 saturated carbocycles. The van der Waals surface area contributed by atoms with Crippen molar-refractivity contribution >= 4 is 21.8 Å². The van der Waals surface area contributed by atoms with Crippen LogP contribution in [-0.4, -0.2) is 21.7 Å². The van der Waals surface area contributed by atoms with E-state index in [1.807, 2.05) is 26.8 Å². The first-order chi connectivity index (χ1) is 7.84. The van der Waals surface area contributed by atoms with Crippen molar-refractivity contribution in [2.75, 3.05) is 6.54 Å². The molecule has 17 heavy (non-hydrogen) atoms. The Morgan fingerprint density at radius 3 is 2.59 bits per heavy atom. The Balaban J connectivity index is 2.81. The summed E-state index contributed by atoms with van der Waals surface area (Å²) in [5.74, 6) is -0.270. The Labute approximate surface area is 110 Å². The van der Waals surface area contributed by atoms with Crippen LogP contribution in [0.1, 0.15) is 26.3 Å². The Hall–Kier alpha value is -0.900. The van der Waals surface area contributed by atoms with Crippen LogP contribution in [0, 0.1) is 5.82 Å². The second-order valence-corrected chi connectivity index (χ2v) is 6.40. The summed E-state index contributed by atoms with van der Waals surface area (Å²) in [5.41, 5.74) is 0.803. The molecule has 0 heterocycles. The van der Waals surface area contributed by atoms with E-state index in [-0.39, 0.29) is 11.7 Å². The summed E-state index contributed by atoms with van der Waals surface area (Å²) < 4.78 is 12.5. The second-order valence-electron chi connectivity index (χ2n) is 4.42. The molecule has 0 spiro atoms. The van der Waals surface area contributed by atoms with Crippen molar-refractivity contribution in [1.82, 2.24) is 4.90 Å². The van der Waals surface area contributed by atoms with Crippen molar-refractivity contribution in [2.45, 2.75) is 31.6 Å². The van der Waals surface area contributed by atoms with Crippen LogP contribution in [0.15, 0.2) is 24.3 Å². The van der Waals surface area contributed by atoms with Gasteiger partial charge in [0.05, 0.1) is 4.32 Å². The number of carbonyl (C=O) groups is 1. The Morgan fingerprint density at radius 1 is 1.47 bits per heavy atom. The van der Waals surface area contributed by atoms with Gasteiger partial charge in [-0.3, -0.25) is 4.79 Å². The fourth-order valence-electron chi connectivity index (χ4n) is 1.56. The molecule has 0 radical (unpaired) electrons. The van der Waals surface area contributed by atoms with Crippen molar-refractivity contribution in [3.8, 4) is 0 Å². The molecule has 1 aromatic rings. The molecule has 0 aliphatic rings. The minimum Gasteiger partial charge on any atom is -0.337 e. The van der Waals surface area contributed by atoms with Crippen LogP contribution >= 0.6 is 15.9 Å². The quantitative estimate of drug-likeness (QED) is 0.781. The lowest BCUT2D eigenvalue weighted by Crippen LogP contribution is -2.41. The van der Waals surface area contributed by atoms with Gasteiger partial charge < -0.3 is 4.90 Å². The van der Waals surface area contributed by atoms with E-state index in [9.17, 15) is 9.18 Å². The smallest absolute Gasteiger partial charge is 0.239 e. The zero-order valence-corrected chi connectivity index (χ0v) is 11.9. The third kappa shape index (κ3) is 4.11. The first-order valence-corrected chi connectivity index (χ1v) is 6.36. The number of rotatable bonds is 4. The second kappa shape index (κ2) is 5.63. The molecule has 0 bridgehead atoms. The molecule has 94 valence electrons. The zero-order valence-electron chi connectivity index (χ0n) is 10.3. The van der Waals surface area contributed by atoms with Gasteiger partial charge in [-0.25, -0.2) is 4.39 Å². The van der Waals surface area contributed by atoms with Crippen LogP contribution in [0.5, 0.6) is 0 Å². The summed E-state index contributed by atoms with van der Waals surface area (Å²) in [4.78, 5) is 13.8.